The van der Waals surface area contributed by atoms with Crippen LogP contribution in [-0.2, 0) is 9.84 Å². The first-order chi connectivity index (χ1) is 7.27. The van der Waals surface area contributed by atoms with E-state index in [0.717, 1.165) is 9.83 Å². The predicted octanol–water partition coefficient (Wildman–Crippen LogP) is 1.19. The normalized spacial score (nSPS) is 11.2. The molecule has 0 saturated carbocycles. The average Bonchev–Trinajstić information content (AvgIpc) is 2.15. The zero-order chi connectivity index (χ0) is 12.5. The van der Waals surface area contributed by atoms with Crippen molar-refractivity contribution >= 4 is 44.3 Å². The van der Waals surface area contributed by atoms with E-state index < -0.39 is 9.84 Å². The monoisotopic (exact) mass is 353 g/mol. The van der Waals surface area contributed by atoms with Gasteiger partial charge in [0.2, 0.25) is 15.0 Å². The van der Waals surface area contributed by atoms with Gasteiger partial charge in [0.15, 0.2) is 0 Å². The summed E-state index contributed by atoms with van der Waals surface area (Å²) >= 11 is 2.07. The summed E-state index contributed by atoms with van der Waals surface area (Å²) in [7, 11) is 0.182. The molecule has 88 valence electrons. The van der Waals surface area contributed by atoms with E-state index in [1.54, 1.807) is 19.0 Å². The van der Waals surface area contributed by atoms with Crippen molar-refractivity contribution in [1.29, 1.82) is 0 Å². The summed E-state index contributed by atoms with van der Waals surface area (Å²) in [5.74, 6) is 0.575. The van der Waals surface area contributed by atoms with Gasteiger partial charge in [-0.15, -0.1) is 0 Å². The van der Waals surface area contributed by atoms with Gasteiger partial charge in [0, 0.05) is 20.4 Å². The molecule has 0 spiro atoms. The highest BCUT2D eigenvalue weighted by Crippen LogP contribution is 2.23. The van der Waals surface area contributed by atoms with E-state index in [9.17, 15) is 8.42 Å². The number of hydrogen-bond acceptors (Lipinski definition) is 5. The fourth-order valence-electron chi connectivity index (χ4n) is 1.03. The minimum atomic E-state index is -3.41. The third-order valence-corrected chi connectivity index (χ3v) is 3.67. The van der Waals surface area contributed by atoms with Gasteiger partial charge < -0.3 is 4.90 Å². The van der Waals surface area contributed by atoms with Gasteiger partial charge in [-0.25, -0.2) is 13.4 Å². The second kappa shape index (κ2) is 4.66. The quantitative estimate of drug-likeness (QED) is 0.604. The molecule has 0 aliphatic heterocycles. The van der Waals surface area contributed by atoms with Crippen molar-refractivity contribution in [3.8, 4) is 0 Å². The van der Waals surface area contributed by atoms with Gasteiger partial charge in [-0.05, 0) is 28.7 Å². The number of hydrogen-bond donors (Lipinski definition) is 0. The number of halogens is 1. The lowest BCUT2D eigenvalue weighted by molar-refractivity contribution is 0.592. The number of anilines is 1. The van der Waals surface area contributed by atoms with Crippen LogP contribution in [0.4, 0.5) is 5.82 Å². The minimum Gasteiger partial charge on any atom is -0.362 e. The molecule has 0 amide bonds. The second-order valence-corrected chi connectivity index (χ2v) is 6.39. The molecule has 0 bridgehead atoms. The van der Waals surface area contributed by atoms with Gasteiger partial charge in [-0.2, -0.15) is 4.98 Å². The van der Waals surface area contributed by atoms with Crippen LogP contribution in [0.3, 0.4) is 0 Å². The molecule has 0 fully saturated rings. The summed E-state index contributed by atoms with van der Waals surface area (Å²) < 4.78 is 23.6. The first-order valence-corrected chi connectivity index (χ1v) is 7.31. The van der Waals surface area contributed by atoms with E-state index in [-0.39, 0.29) is 5.16 Å². The highest BCUT2D eigenvalue weighted by Gasteiger charge is 2.17. The SMILES string of the molecule is C=Cc1nc(S(C)(=O)=O)nc(N(C)C)c1I. The van der Waals surface area contributed by atoms with Crippen LogP contribution in [0, 0.1) is 3.57 Å². The molecule has 0 aromatic carbocycles. The van der Waals surface area contributed by atoms with E-state index >= 15 is 0 Å². The lowest BCUT2D eigenvalue weighted by Gasteiger charge is -2.15. The molecule has 1 aromatic rings. The molecule has 0 aliphatic rings. The Kier molecular flexibility index (Phi) is 3.89. The van der Waals surface area contributed by atoms with E-state index in [1.165, 1.54) is 6.08 Å². The van der Waals surface area contributed by atoms with Gasteiger partial charge in [0.1, 0.15) is 5.82 Å². The Hall–Kier alpha value is -0.700. The van der Waals surface area contributed by atoms with Gasteiger partial charge in [0.25, 0.3) is 0 Å². The van der Waals surface area contributed by atoms with Crippen molar-refractivity contribution in [2.75, 3.05) is 25.3 Å². The average molecular weight is 353 g/mol. The van der Waals surface area contributed by atoms with Crippen molar-refractivity contribution in [3.63, 3.8) is 0 Å². The molecular weight excluding hydrogens is 341 g/mol. The molecule has 5 nitrogen and oxygen atoms in total. The fourth-order valence-corrected chi connectivity index (χ4v) is 2.49. The first kappa shape index (κ1) is 13.4. The zero-order valence-corrected chi connectivity index (χ0v) is 12.2. The smallest absolute Gasteiger partial charge is 0.249 e. The van der Waals surface area contributed by atoms with E-state index in [2.05, 4.69) is 39.1 Å². The van der Waals surface area contributed by atoms with E-state index in [1.807, 2.05) is 0 Å². The van der Waals surface area contributed by atoms with Gasteiger partial charge >= 0.3 is 0 Å². The summed E-state index contributed by atoms with van der Waals surface area (Å²) in [6, 6.07) is 0. The van der Waals surface area contributed by atoms with Crippen LogP contribution >= 0.6 is 22.6 Å². The molecule has 1 aromatic heterocycles. The number of rotatable bonds is 3. The maximum absolute atomic E-state index is 11.4. The maximum atomic E-state index is 11.4. The van der Waals surface area contributed by atoms with E-state index in [4.69, 9.17) is 0 Å². The number of sulfone groups is 1. The molecule has 16 heavy (non-hydrogen) atoms. The summed E-state index contributed by atoms with van der Waals surface area (Å²) in [4.78, 5) is 9.72. The summed E-state index contributed by atoms with van der Waals surface area (Å²) in [5, 5.41) is -0.175. The maximum Gasteiger partial charge on any atom is 0.249 e. The molecule has 7 heteroatoms. The van der Waals surface area contributed by atoms with Gasteiger partial charge in [0.05, 0.1) is 9.26 Å². The zero-order valence-electron chi connectivity index (χ0n) is 9.23. The lowest BCUT2D eigenvalue weighted by Crippen LogP contribution is -2.17. The molecule has 0 aliphatic carbocycles. The summed E-state index contributed by atoms with van der Waals surface area (Å²) in [5.41, 5.74) is 0.528. The van der Waals surface area contributed by atoms with Crippen LogP contribution in [0.25, 0.3) is 6.08 Å². The minimum absolute atomic E-state index is 0.175. The van der Waals surface area contributed by atoms with Gasteiger partial charge in [-0.1, -0.05) is 6.58 Å². The Labute approximate surface area is 109 Å². The van der Waals surface area contributed by atoms with Crippen molar-refractivity contribution in [3.05, 3.63) is 15.8 Å². The molecule has 0 unspecified atom stereocenters. The molecule has 1 rings (SSSR count). The summed E-state index contributed by atoms with van der Waals surface area (Å²) in [6.07, 6.45) is 2.60. The van der Waals surface area contributed by atoms with Crippen LogP contribution in [0.5, 0.6) is 0 Å². The van der Waals surface area contributed by atoms with Crippen LogP contribution in [-0.4, -0.2) is 38.7 Å². The molecule has 0 radical (unpaired) electrons. The van der Waals surface area contributed by atoms with Crippen molar-refractivity contribution in [2.45, 2.75) is 5.16 Å². The molecule has 1 heterocycles. The fraction of sp³-hybridized carbons (Fsp3) is 0.333. The standard InChI is InChI=1S/C9H12IN3O2S/c1-5-6-7(10)8(13(2)3)12-9(11-6)16(4,14)15/h5H,1H2,2-4H3. The number of nitrogens with zero attached hydrogens (tertiary/aromatic N) is 3. The van der Waals surface area contributed by atoms with Crippen LogP contribution in [0.2, 0.25) is 0 Å². The van der Waals surface area contributed by atoms with E-state index in [0.29, 0.717) is 11.5 Å². The molecule has 0 saturated heterocycles. The largest absolute Gasteiger partial charge is 0.362 e. The predicted molar refractivity (Wildman–Crippen MR) is 72.3 cm³/mol. The highest BCUT2D eigenvalue weighted by atomic mass is 127. The Morgan fingerprint density at radius 1 is 1.38 bits per heavy atom. The van der Waals surface area contributed by atoms with Crippen molar-refractivity contribution < 1.29 is 8.42 Å². The Balaban J connectivity index is 3.59. The first-order valence-electron chi connectivity index (χ1n) is 4.34. The molecule has 0 atom stereocenters. The second-order valence-electron chi connectivity index (χ2n) is 3.40. The Bertz CT molecular complexity index is 526. The third-order valence-electron chi connectivity index (χ3n) is 1.79. The molecule has 0 N–H and O–H groups in total. The van der Waals surface area contributed by atoms with Gasteiger partial charge in [-0.3, -0.25) is 0 Å². The lowest BCUT2D eigenvalue weighted by atomic mass is 10.4. The molecular formula is C9H12IN3O2S. The topological polar surface area (TPSA) is 63.2 Å². The van der Waals surface area contributed by atoms with Crippen LogP contribution < -0.4 is 4.90 Å². The Morgan fingerprint density at radius 3 is 2.31 bits per heavy atom. The van der Waals surface area contributed by atoms with Crippen molar-refractivity contribution in [1.82, 2.24) is 9.97 Å². The Morgan fingerprint density at radius 2 is 1.94 bits per heavy atom. The number of aromatic nitrogens is 2. The van der Waals surface area contributed by atoms with Crippen LogP contribution in [0.15, 0.2) is 11.7 Å². The van der Waals surface area contributed by atoms with Crippen LogP contribution in [0.1, 0.15) is 5.69 Å². The van der Waals surface area contributed by atoms with Crippen molar-refractivity contribution in [2.24, 2.45) is 0 Å². The highest BCUT2D eigenvalue weighted by molar-refractivity contribution is 14.1. The summed E-state index contributed by atoms with van der Waals surface area (Å²) in [6.45, 7) is 3.61. The third kappa shape index (κ3) is 2.70.